The van der Waals surface area contributed by atoms with Gasteiger partial charge in [-0.25, -0.2) is 8.42 Å². The normalized spacial score (nSPS) is 12.1. The number of imidazole rings is 1. The molecule has 0 amide bonds. The first kappa shape index (κ1) is 13.6. The maximum atomic E-state index is 11.5. The lowest BCUT2D eigenvalue weighted by atomic mass is 10.3. The maximum Gasteiger partial charge on any atom is 0.178 e. The summed E-state index contributed by atoms with van der Waals surface area (Å²) in [6.45, 7) is 1.95. The Bertz CT molecular complexity index is 731. The van der Waals surface area contributed by atoms with Crippen LogP contribution in [0.15, 0.2) is 18.2 Å². The number of aryl methyl sites for hydroxylation is 1. The average Bonchev–Trinajstić information content (AvgIpc) is 2.64. The predicted octanol–water partition coefficient (Wildman–Crippen LogP) is 2.79. The number of nitrogens with one attached hydrogen (secondary N) is 1. The van der Waals surface area contributed by atoms with Gasteiger partial charge in [-0.15, -0.1) is 0 Å². The van der Waals surface area contributed by atoms with Crippen LogP contribution in [0.4, 0.5) is 0 Å². The zero-order valence-electron chi connectivity index (χ0n) is 9.81. The van der Waals surface area contributed by atoms with Crippen molar-refractivity contribution < 1.29 is 8.42 Å². The lowest BCUT2D eigenvalue weighted by molar-refractivity contribution is 0.590. The smallest absolute Gasteiger partial charge is 0.178 e. The number of H-pyrrole nitrogens is 1. The summed E-state index contributed by atoms with van der Waals surface area (Å²) >= 11 is 11.3. The third kappa shape index (κ3) is 2.60. The van der Waals surface area contributed by atoms with Crippen LogP contribution in [0.5, 0.6) is 0 Å². The van der Waals surface area contributed by atoms with Gasteiger partial charge in [-0.1, -0.05) is 24.6 Å². The van der Waals surface area contributed by atoms with Crippen LogP contribution in [0.25, 0.3) is 11.0 Å². The Labute approximate surface area is 115 Å². The van der Waals surface area contributed by atoms with Crippen LogP contribution in [0.3, 0.4) is 0 Å². The van der Waals surface area contributed by atoms with Crippen molar-refractivity contribution in [3.63, 3.8) is 0 Å². The molecule has 7 heteroatoms. The van der Waals surface area contributed by atoms with E-state index >= 15 is 0 Å². The van der Waals surface area contributed by atoms with Crippen molar-refractivity contribution in [1.29, 1.82) is 0 Å². The third-order valence-electron chi connectivity index (χ3n) is 2.81. The minimum atomic E-state index is -3.02. The number of nitrogens with zero attached hydrogens (tertiary/aromatic N) is 1. The summed E-state index contributed by atoms with van der Waals surface area (Å²) in [5, 5.41) is 0.564. The summed E-state index contributed by atoms with van der Waals surface area (Å²) in [5.41, 5.74) is 1.58. The van der Waals surface area contributed by atoms with Crippen molar-refractivity contribution in [1.82, 2.24) is 9.55 Å². The van der Waals surface area contributed by atoms with E-state index in [4.69, 9.17) is 23.8 Å². The molecule has 0 unspecified atom stereocenters. The summed E-state index contributed by atoms with van der Waals surface area (Å²) in [5.74, 6) is 0.201. The maximum absolute atomic E-state index is 11.5. The van der Waals surface area contributed by atoms with Gasteiger partial charge in [0.15, 0.2) is 14.6 Å². The molecule has 0 saturated heterocycles. The van der Waals surface area contributed by atoms with Gasteiger partial charge in [0.25, 0.3) is 0 Å². The molecule has 0 bridgehead atoms. The van der Waals surface area contributed by atoms with Gasteiger partial charge in [0, 0.05) is 12.3 Å². The van der Waals surface area contributed by atoms with Gasteiger partial charge in [0.2, 0.25) is 0 Å². The van der Waals surface area contributed by atoms with Crippen LogP contribution in [-0.2, 0) is 16.4 Å². The summed E-state index contributed by atoms with van der Waals surface area (Å²) in [7, 11) is -3.02. The topological polar surface area (TPSA) is 54.9 Å². The largest absolute Gasteiger partial charge is 0.331 e. The summed E-state index contributed by atoms with van der Waals surface area (Å²) in [4.78, 5) is 3.02. The Kier molecular flexibility index (Phi) is 3.79. The zero-order chi connectivity index (χ0) is 13.3. The van der Waals surface area contributed by atoms with Gasteiger partial charge in [0.05, 0.1) is 21.8 Å². The molecular formula is C11H13ClN2O2S2. The number of aromatic nitrogens is 2. The number of hydrogen-bond donors (Lipinski definition) is 1. The zero-order valence-corrected chi connectivity index (χ0v) is 12.2. The average molecular weight is 305 g/mol. The minimum Gasteiger partial charge on any atom is -0.331 e. The van der Waals surface area contributed by atoms with Crippen LogP contribution < -0.4 is 0 Å². The second-order valence-corrected chi connectivity index (χ2v) is 7.22. The van der Waals surface area contributed by atoms with Crippen molar-refractivity contribution >= 4 is 44.7 Å². The molecule has 18 heavy (non-hydrogen) atoms. The molecule has 0 atom stereocenters. The molecule has 0 spiro atoms. The van der Waals surface area contributed by atoms with Gasteiger partial charge < -0.3 is 9.55 Å². The molecule has 2 rings (SSSR count). The fraction of sp³-hybridized carbons (Fsp3) is 0.364. The predicted molar refractivity (Wildman–Crippen MR) is 76.5 cm³/mol. The Morgan fingerprint density at radius 2 is 2.17 bits per heavy atom. The van der Waals surface area contributed by atoms with E-state index in [0.29, 0.717) is 16.3 Å². The number of para-hydroxylation sites is 1. The molecule has 2 aromatic rings. The highest BCUT2D eigenvalue weighted by Gasteiger charge is 2.12. The summed E-state index contributed by atoms with van der Waals surface area (Å²) in [6, 6.07) is 5.45. The Balaban J connectivity index is 2.45. The van der Waals surface area contributed by atoms with E-state index in [1.54, 1.807) is 17.6 Å². The molecule has 0 radical (unpaired) electrons. The third-order valence-corrected chi connectivity index (χ3v) is 5.12. The second kappa shape index (κ2) is 5.03. The molecule has 1 aromatic heterocycles. The molecule has 4 nitrogen and oxygen atoms in total. The van der Waals surface area contributed by atoms with E-state index in [9.17, 15) is 8.42 Å². The van der Waals surface area contributed by atoms with Crippen LogP contribution in [0.1, 0.15) is 6.92 Å². The Hall–Kier alpha value is -0.850. The molecule has 0 aliphatic heterocycles. The Morgan fingerprint density at radius 1 is 1.44 bits per heavy atom. The number of aromatic amines is 1. The highest BCUT2D eigenvalue weighted by molar-refractivity contribution is 7.91. The molecule has 0 saturated carbocycles. The van der Waals surface area contributed by atoms with Gasteiger partial charge in [-0.3, -0.25) is 0 Å². The van der Waals surface area contributed by atoms with Crippen molar-refractivity contribution in [3.8, 4) is 0 Å². The first-order valence-electron chi connectivity index (χ1n) is 5.52. The van der Waals surface area contributed by atoms with Gasteiger partial charge >= 0.3 is 0 Å². The van der Waals surface area contributed by atoms with E-state index in [1.165, 1.54) is 0 Å². The van der Waals surface area contributed by atoms with Crippen molar-refractivity contribution in [3.05, 3.63) is 28.0 Å². The quantitative estimate of drug-likeness (QED) is 0.884. The molecule has 1 aromatic carbocycles. The van der Waals surface area contributed by atoms with E-state index in [-0.39, 0.29) is 11.5 Å². The molecule has 0 aliphatic carbocycles. The van der Waals surface area contributed by atoms with Gasteiger partial charge in [0.1, 0.15) is 0 Å². The van der Waals surface area contributed by atoms with Crippen LogP contribution in [-0.4, -0.2) is 29.5 Å². The van der Waals surface area contributed by atoms with Crippen molar-refractivity contribution in [2.24, 2.45) is 0 Å². The van der Waals surface area contributed by atoms with Gasteiger partial charge in [-0.05, 0) is 24.4 Å². The lowest BCUT2D eigenvalue weighted by Crippen LogP contribution is -2.14. The second-order valence-electron chi connectivity index (χ2n) is 3.95. The SMILES string of the molecule is CCS(=O)(=O)CCn1c(=S)[nH]c2cccc(Cl)c21. The number of sulfone groups is 1. The minimum absolute atomic E-state index is 0.0655. The van der Waals surface area contributed by atoms with E-state index < -0.39 is 9.84 Å². The van der Waals surface area contributed by atoms with Gasteiger partial charge in [-0.2, -0.15) is 0 Å². The standard InChI is InChI=1S/C11H13ClN2O2S2/c1-2-18(15,16)7-6-14-10-8(12)4-3-5-9(10)13-11(14)17/h3-5H,2,6-7H2,1H3,(H,13,17). The molecular weight excluding hydrogens is 292 g/mol. The highest BCUT2D eigenvalue weighted by atomic mass is 35.5. The molecule has 0 aliphatic rings. The fourth-order valence-corrected chi connectivity index (χ4v) is 3.08. The molecule has 98 valence electrons. The molecule has 1 heterocycles. The first-order chi connectivity index (χ1) is 8.44. The van der Waals surface area contributed by atoms with Crippen molar-refractivity contribution in [2.75, 3.05) is 11.5 Å². The van der Waals surface area contributed by atoms with E-state index in [0.717, 1.165) is 11.0 Å². The summed E-state index contributed by atoms with van der Waals surface area (Å²) < 4.78 is 25.3. The first-order valence-corrected chi connectivity index (χ1v) is 8.13. The number of hydrogen-bond acceptors (Lipinski definition) is 3. The number of fused-ring (bicyclic) bond motifs is 1. The Morgan fingerprint density at radius 3 is 2.83 bits per heavy atom. The molecule has 0 fully saturated rings. The lowest BCUT2D eigenvalue weighted by Gasteiger charge is -2.05. The number of halogens is 1. The van der Waals surface area contributed by atoms with Crippen LogP contribution in [0.2, 0.25) is 5.02 Å². The summed E-state index contributed by atoms with van der Waals surface area (Å²) in [6.07, 6.45) is 0. The van der Waals surface area contributed by atoms with E-state index in [1.807, 2.05) is 12.1 Å². The molecule has 1 N–H and O–H groups in total. The fourth-order valence-electron chi connectivity index (χ4n) is 1.76. The van der Waals surface area contributed by atoms with Crippen LogP contribution >= 0.6 is 23.8 Å². The number of rotatable bonds is 4. The van der Waals surface area contributed by atoms with Crippen LogP contribution in [0, 0.1) is 4.77 Å². The van der Waals surface area contributed by atoms with Crippen molar-refractivity contribution in [2.45, 2.75) is 13.5 Å². The monoisotopic (exact) mass is 304 g/mol. The van der Waals surface area contributed by atoms with E-state index in [2.05, 4.69) is 4.98 Å². The highest BCUT2D eigenvalue weighted by Crippen LogP contribution is 2.23. The number of benzene rings is 1.